The third kappa shape index (κ3) is 9.10. The smallest absolute Gasteiger partial charge is 0.310 e. The summed E-state index contributed by atoms with van der Waals surface area (Å²) < 4.78 is 21.6. The van der Waals surface area contributed by atoms with E-state index in [4.69, 9.17) is 9.05 Å². The van der Waals surface area contributed by atoms with Crippen molar-refractivity contribution in [2.75, 3.05) is 6.61 Å². The Bertz CT molecular complexity index is 171. The van der Waals surface area contributed by atoms with Gasteiger partial charge in [0.15, 0.2) is 0 Å². The van der Waals surface area contributed by atoms with Gasteiger partial charge < -0.3 is 9.05 Å². The van der Waals surface area contributed by atoms with Crippen LogP contribution in [0.5, 0.6) is 0 Å². The lowest BCUT2D eigenvalue weighted by atomic mass is 10.0. The largest absolute Gasteiger partial charge is 0.319 e. The van der Waals surface area contributed by atoms with Gasteiger partial charge in [-0.15, -0.1) is 0 Å². The molecule has 92 valence electrons. The highest BCUT2D eigenvalue weighted by atomic mass is 31.1. The van der Waals surface area contributed by atoms with Crippen molar-refractivity contribution in [1.29, 1.82) is 0 Å². The zero-order chi connectivity index (χ0) is 11.7. The van der Waals surface area contributed by atoms with Gasteiger partial charge in [0.1, 0.15) is 0 Å². The molecule has 0 amide bonds. The van der Waals surface area contributed by atoms with Gasteiger partial charge in [-0.25, -0.2) is 0 Å². The fourth-order valence-electron chi connectivity index (χ4n) is 1.31. The highest BCUT2D eigenvalue weighted by Crippen LogP contribution is 2.28. The van der Waals surface area contributed by atoms with Gasteiger partial charge in [0.25, 0.3) is 0 Å². The molecule has 0 saturated carbocycles. The van der Waals surface area contributed by atoms with Crippen LogP contribution in [0.25, 0.3) is 0 Å². The second kappa shape index (κ2) is 9.38. The Morgan fingerprint density at radius 3 is 2.40 bits per heavy atom. The van der Waals surface area contributed by atoms with Crippen molar-refractivity contribution in [1.82, 2.24) is 0 Å². The fraction of sp³-hybridized carbons (Fsp3) is 1.00. The summed E-state index contributed by atoms with van der Waals surface area (Å²) in [6, 6.07) is 0. The van der Waals surface area contributed by atoms with Crippen molar-refractivity contribution in [2.45, 2.75) is 59.5 Å². The van der Waals surface area contributed by atoms with E-state index in [0.717, 1.165) is 12.8 Å². The van der Waals surface area contributed by atoms with Crippen LogP contribution < -0.4 is 0 Å². The molecule has 0 bridgehead atoms. The lowest BCUT2D eigenvalue weighted by Gasteiger charge is -2.15. The van der Waals surface area contributed by atoms with Gasteiger partial charge in [0.2, 0.25) is 0 Å². The fourth-order valence-corrected chi connectivity index (χ4v) is 2.14. The first kappa shape index (κ1) is 15.2. The van der Waals surface area contributed by atoms with Crippen LogP contribution in [0, 0.1) is 5.92 Å². The second-order valence-electron chi connectivity index (χ2n) is 4.14. The highest BCUT2D eigenvalue weighted by molar-refractivity contribution is 7.33. The molecule has 0 aliphatic heterocycles. The molecule has 2 atom stereocenters. The van der Waals surface area contributed by atoms with E-state index in [2.05, 4.69) is 13.8 Å². The molecule has 0 aromatic carbocycles. The summed E-state index contributed by atoms with van der Waals surface area (Å²) >= 11 is 0. The zero-order valence-corrected chi connectivity index (χ0v) is 11.4. The van der Waals surface area contributed by atoms with Gasteiger partial charge in [-0.05, 0) is 26.2 Å². The standard InChI is InChI=1S/C11H25O3P/c1-5-7-8-11(6-2)9-13-15(12)14-10(3)4/h10-11,15H,5-9H2,1-4H3. The van der Waals surface area contributed by atoms with Crippen LogP contribution in [0.2, 0.25) is 0 Å². The van der Waals surface area contributed by atoms with E-state index in [-0.39, 0.29) is 6.10 Å². The molecule has 0 saturated heterocycles. The van der Waals surface area contributed by atoms with E-state index in [1.54, 1.807) is 0 Å². The third-order valence-electron chi connectivity index (χ3n) is 2.31. The van der Waals surface area contributed by atoms with Crippen LogP contribution in [0.4, 0.5) is 0 Å². The third-order valence-corrected chi connectivity index (χ3v) is 3.38. The monoisotopic (exact) mass is 236 g/mol. The quantitative estimate of drug-likeness (QED) is 0.567. The predicted octanol–water partition coefficient (Wildman–Crippen LogP) is 4.03. The average Bonchev–Trinajstić information content (AvgIpc) is 2.17. The van der Waals surface area contributed by atoms with E-state index in [9.17, 15) is 4.57 Å². The van der Waals surface area contributed by atoms with Gasteiger partial charge in [-0.3, -0.25) is 4.57 Å². The minimum atomic E-state index is -2.27. The van der Waals surface area contributed by atoms with Crippen LogP contribution in [-0.4, -0.2) is 12.7 Å². The summed E-state index contributed by atoms with van der Waals surface area (Å²) in [6.45, 7) is 8.62. The number of unbranched alkanes of at least 4 members (excludes halogenated alkanes) is 1. The minimum Gasteiger partial charge on any atom is -0.310 e. The maximum absolute atomic E-state index is 11.3. The van der Waals surface area contributed by atoms with Crippen molar-refractivity contribution in [3.05, 3.63) is 0 Å². The predicted molar refractivity (Wildman–Crippen MR) is 64.5 cm³/mol. The minimum absolute atomic E-state index is 0.0212. The lowest BCUT2D eigenvalue weighted by molar-refractivity contribution is 0.164. The van der Waals surface area contributed by atoms with Crippen molar-refractivity contribution < 1.29 is 13.6 Å². The van der Waals surface area contributed by atoms with Gasteiger partial charge in [0, 0.05) is 0 Å². The van der Waals surface area contributed by atoms with Crippen molar-refractivity contribution in [3.63, 3.8) is 0 Å². The SMILES string of the molecule is CCCCC(CC)CO[PH](=O)OC(C)C. The molecule has 0 aliphatic rings. The van der Waals surface area contributed by atoms with Gasteiger partial charge in [-0.2, -0.15) is 0 Å². The van der Waals surface area contributed by atoms with Gasteiger partial charge >= 0.3 is 8.25 Å². The Balaban J connectivity index is 3.65. The molecule has 0 N–H and O–H groups in total. The molecule has 0 aromatic rings. The van der Waals surface area contributed by atoms with Crippen molar-refractivity contribution in [3.8, 4) is 0 Å². The molecule has 0 radical (unpaired) electrons. The molecule has 0 aromatic heterocycles. The summed E-state index contributed by atoms with van der Waals surface area (Å²) in [5.74, 6) is 0.523. The molecule has 3 nitrogen and oxygen atoms in total. The molecule has 0 spiro atoms. The van der Waals surface area contributed by atoms with Crippen LogP contribution >= 0.6 is 8.25 Å². The van der Waals surface area contributed by atoms with Crippen molar-refractivity contribution >= 4 is 8.25 Å². The summed E-state index contributed by atoms with van der Waals surface area (Å²) in [5, 5.41) is 0. The summed E-state index contributed by atoms with van der Waals surface area (Å²) in [7, 11) is -2.27. The first-order chi connectivity index (χ1) is 7.10. The van der Waals surface area contributed by atoms with E-state index >= 15 is 0 Å². The molecule has 0 fully saturated rings. The normalized spacial score (nSPS) is 15.5. The molecule has 0 rings (SSSR count). The van der Waals surface area contributed by atoms with E-state index in [0.29, 0.717) is 12.5 Å². The Morgan fingerprint density at radius 2 is 1.93 bits per heavy atom. The zero-order valence-electron chi connectivity index (χ0n) is 10.4. The van der Waals surface area contributed by atoms with E-state index < -0.39 is 8.25 Å². The molecule has 0 heterocycles. The maximum atomic E-state index is 11.3. The Hall–Kier alpha value is 0.150. The first-order valence-corrected chi connectivity index (χ1v) is 7.16. The highest BCUT2D eigenvalue weighted by Gasteiger charge is 2.09. The number of hydrogen-bond donors (Lipinski definition) is 0. The summed E-state index contributed by atoms with van der Waals surface area (Å²) in [4.78, 5) is 0. The Labute approximate surface area is 94.5 Å². The number of hydrogen-bond acceptors (Lipinski definition) is 3. The van der Waals surface area contributed by atoms with Gasteiger partial charge in [-0.1, -0.05) is 33.1 Å². The molecule has 2 unspecified atom stereocenters. The van der Waals surface area contributed by atoms with Crippen LogP contribution in [0.3, 0.4) is 0 Å². The van der Waals surface area contributed by atoms with E-state index in [1.165, 1.54) is 12.8 Å². The summed E-state index contributed by atoms with van der Waals surface area (Å²) in [5.41, 5.74) is 0. The summed E-state index contributed by atoms with van der Waals surface area (Å²) in [6.07, 6.45) is 4.63. The van der Waals surface area contributed by atoms with Crippen LogP contribution in [0.1, 0.15) is 53.4 Å². The molecule has 0 aliphatic carbocycles. The molecule has 4 heteroatoms. The van der Waals surface area contributed by atoms with Crippen LogP contribution in [-0.2, 0) is 13.6 Å². The molecule has 15 heavy (non-hydrogen) atoms. The van der Waals surface area contributed by atoms with Gasteiger partial charge in [0.05, 0.1) is 12.7 Å². The molecular formula is C11H25O3P. The first-order valence-electron chi connectivity index (χ1n) is 5.93. The average molecular weight is 236 g/mol. The maximum Gasteiger partial charge on any atom is 0.319 e. The Kier molecular flexibility index (Phi) is 9.48. The van der Waals surface area contributed by atoms with Crippen molar-refractivity contribution in [2.24, 2.45) is 5.92 Å². The Morgan fingerprint density at radius 1 is 1.27 bits per heavy atom. The van der Waals surface area contributed by atoms with Crippen LogP contribution in [0.15, 0.2) is 0 Å². The lowest BCUT2D eigenvalue weighted by Crippen LogP contribution is -2.07. The number of rotatable bonds is 9. The molecular weight excluding hydrogens is 211 g/mol. The van der Waals surface area contributed by atoms with E-state index in [1.807, 2.05) is 13.8 Å². The second-order valence-corrected chi connectivity index (χ2v) is 5.17. The topological polar surface area (TPSA) is 35.5 Å².